The van der Waals surface area contributed by atoms with Crippen molar-refractivity contribution in [3.63, 3.8) is 0 Å². The van der Waals surface area contributed by atoms with Crippen LogP contribution in [0.3, 0.4) is 0 Å². The number of hydrogen-bond acceptors (Lipinski definition) is 3. The summed E-state index contributed by atoms with van der Waals surface area (Å²) in [6.07, 6.45) is 1.98. The number of nitrogens with one attached hydrogen (secondary N) is 2. The van der Waals surface area contributed by atoms with Gasteiger partial charge >= 0.3 is 0 Å². The Kier molecular flexibility index (Phi) is 8.30. The number of rotatable bonds is 5. The van der Waals surface area contributed by atoms with Crippen molar-refractivity contribution in [2.24, 2.45) is 5.92 Å². The fourth-order valence-electron chi connectivity index (χ4n) is 3.37. The van der Waals surface area contributed by atoms with Crippen molar-refractivity contribution in [2.45, 2.75) is 12.8 Å². The van der Waals surface area contributed by atoms with Crippen molar-refractivity contribution in [3.05, 3.63) is 64.7 Å². The molecule has 1 saturated heterocycles. The van der Waals surface area contributed by atoms with Crippen LogP contribution in [0.4, 0.5) is 5.69 Å². The zero-order valence-corrected chi connectivity index (χ0v) is 17.4. The van der Waals surface area contributed by atoms with Crippen LogP contribution in [-0.2, 0) is 0 Å². The molecular weight excluding hydrogens is 397 g/mol. The highest BCUT2D eigenvalue weighted by Crippen LogP contribution is 2.23. The molecule has 28 heavy (non-hydrogen) atoms. The Labute approximate surface area is 176 Å². The van der Waals surface area contributed by atoms with Crippen LogP contribution in [0.15, 0.2) is 48.5 Å². The predicted octanol–water partition coefficient (Wildman–Crippen LogP) is 4.09. The number of amides is 2. The first-order valence-electron chi connectivity index (χ1n) is 9.18. The molecule has 3 rings (SSSR count). The summed E-state index contributed by atoms with van der Waals surface area (Å²) in [7, 11) is 1.96. The molecule has 0 unspecified atom stereocenters. The molecular formula is C21H25Cl2N3O2. The third-order valence-electron chi connectivity index (χ3n) is 4.91. The van der Waals surface area contributed by atoms with Gasteiger partial charge < -0.3 is 15.5 Å². The standard InChI is InChI=1S/C21H24ClN3O2.ClH/c1-23-14-15-10-12-25(13-11-15)21(27)18-4-2-3-5-19(18)24-20(26)16-6-8-17(22)9-7-16;/h2-9,15,23H,10-14H2,1H3,(H,24,26);1H. The normalized spacial score (nSPS) is 14.3. The van der Waals surface area contributed by atoms with Gasteiger partial charge in [-0.2, -0.15) is 0 Å². The van der Waals surface area contributed by atoms with Crippen molar-refractivity contribution in [1.29, 1.82) is 0 Å². The summed E-state index contributed by atoms with van der Waals surface area (Å²) in [4.78, 5) is 27.4. The molecule has 0 atom stereocenters. The summed E-state index contributed by atoms with van der Waals surface area (Å²) in [6.45, 7) is 2.46. The topological polar surface area (TPSA) is 61.4 Å². The van der Waals surface area contributed by atoms with E-state index >= 15 is 0 Å². The summed E-state index contributed by atoms with van der Waals surface area (Å²) < 4.78 is 0. The van der Waals surface area contributed by atoms with Gasteiger partial charge in [-0.15, -0.1) is 12.4 Å². The molecule has 7 heteroatoms. The first-order chi connectivity index (χ1) is 13.1. The van der Waals surface area contributed by atoms with Gasteiger partial charge in [-0.05, 0) is 68.8 Å². The lowest BCUT2D eigenvalue weighted by Gasteiger charge is -2.32. The summed E-state index contributed by atoms with van der Waals surface area (Å²) in [5.41, 5.74) is 1.54. The molecule has 5 nitrogen and oxygen atoms in total. The molecule has 0 bridgehead atoms. The number of carbonyl (C=O) groups excluding carboxylic acids is 2. The second-order valence-corrected chi connectivity index (χ2v) is 7.24. The van der Waals surface area contributed by atoms with E-state index in [-0.39, 0.29) is 24.2 Å². The monoisotopic (exact) mass is 421 g/mol. The minimum Gasteiger partial charge on any atom is -0.339 e. The van der Waals surface area contributed by atoms with E-state index in [4.69, 9.17) is 11.6 Å². The fourth-order valence-corrected chi connectivity index (χ4v) is 3.50. The number of likely N-dealkylation sites (tertiary alicyclic amines) is 1. The number of benzene rings is 2. The van der Waals surface area contributed by atoms with Crippen LogP contribution < -0.4 is 10.6 Å². The zero-order chi connectivity index (χ0) is 19.2. The van der Waals surface area contributed by atoms with Crippen LogP contribution in [0.25, 0.3) is 0 Å². The Hall–Kier alpha value is -2.08. The first-order valence-corrected chi connectivity index (χ1v) is 9.56. The summed E-state index contributed by atoms with van der Waals surface area (Å²) in [5.74, 6) is 0.309. The maximum absolute atomic E-state index is 13.0. The van der Waals surface area contributed by atoms with Crippen LogP contribution in [-0.4, -0.2) is 43.4 Å². The van der Waals surface area contributed by atoms with Gasteiger partial charge in [-0.25, -0.2) is 0 Å². The van der Waals surface area contributed by atoms with Crippen LogP contribution in [0.5, 0.6) is 0 Å². The van der Waals surface area contributed by atoms with Crippen LogP contribution in [0, 0.1) is 5.92 Å². The lowest BCUT2D eigenvalue weighted by Crippen LogP contribution is -2.40. The lowest BCUT2D eigenvalue weighted by molar-refractivity contribution is 0.0692. The minimum atomic E-state index is -0.264. The number of carbonyl (C=O) groups is 2. The number of halogens is 2. The van der Waals surface area contributed by atoms with Gasteiger partial charge in [0.2, 0.25) is 0 Å². The van der Waals surface area contributed by atoms with Gasteiger partial charge in [0, 0.05) is 23.7 Å². The maximum Gasteiger partial charge on any atom is 0.255 e. The second kappa shape index (κ2) is 10.5. The fraction of sp³-hybridized carbons (Fsp3) is 0.333. The Morgan fingerprint density at radius 3 is 2.36 bits per heavy atom. The van der Waals surface area contributed by atoms with Crippen molar-refractivity contribution in [2.75, 3.05) is 32.0 Å². The van der Waals surface area contributed by atoms with Gasteiger partial charge in [-0.3, -0.25) is 9.59 Å². The summed E-state index contributed by atoms with van der Waals surface area (Å²) >= 11 is 5.87. The van der Waals surface area contributed by atoms with E-state index in [9.17, 15) is 9.59 Å². The van der Waals surface area contributed by atoms with E-state index < -0.39 is 0 Å². The highest BCUT2D eigenvalue weighted by atomic mass is 35.5. The molecule has 2 aromatic rings. The van der Waals surface area contributed by atoms with Crippen molar-refractivity contribution in [3.8, 4) is 0 Å². The smallest absolute Gasteiger partial charge is 0.255 e. The lowest BCUT2D eigenvalue weighted by atomic mass is 9.96. The number of para-hydroxylation sites is 1. The van der Waals surface area contributed by atoms with E-state index in [0.717, 1.165) is 32.5 Å². The van der Waals surface area contributed by atoms with Gasteiger partial charge in [0.15, 0.2) is 0 Å². The highest BCUT2D eigenvalue weighted by molar-refractivity contribution is 6.30. The van der Waals surface area contributed by atoms with Crippen molar-refractivity contribution in [1.82, 2.24) is 10.2 Å². The molecule has 0 radical (unpaired) electrons. The average molecular weight is 422 g/mol. The average Bonchev–Trinajstić information content (AvgIpc) is 2.69. The minimum absolute atomic E-state index is 0. The molecule has 0 saturated carbocycles. The van der Waals surface area contributed by atoms with Crippen LogP contribution in [0.2, 0.25) is 5.02 Å². The number of nitrogens with zero attached hydrogens (tertiary/aromatic N) is 1. The van der Waals surface area contributed by atoms with Crippen molar-refractivity contribution < 1.29 is 9.59 Å². The molecule has 1 fully saturated rings. The van der Waals surface area contributed by atoms with Crippen molar-refractivity contribution >= 4 is 41.5 Å². The van der Waals surface area contributed by atoms with Crippen LogP contribution in [0.1, 0.15) is 33.6 Å². The SMILES string of the molecule is CNCC1CCN(C(=O)c2ccccc2NC(=O)c2ccc(Cl)cc2)CC1.Cl. The van der Waals surface area contributed by atoms with Crippen LogP contribution >= 0.6 is 24.0 Å². The Morgan fingerprint density at radius 1 is 1.07 bits per heavy atom. The van der Waals surface area contributed by atoms with E-state index in [1.807, 2.05) is 24.1 Å². The molecule has 1 heterocycles. The van der Waals surface area contributed by atoms with E-state index in [2.05, 4.69) is 10.6 Å². The Morgan fingerprint density at radius 2 is 1.71 bits per heavy atom. The highest BCUT2D eigenvalue weighted by Gasteiger charge is 2.25. The quantitative estimate of drug-likeness (QED) is 0.763. The zero-order valence-electron chi connectivity index (χ0n) is 15.8. The van der Waals surface area contributed by atoms with E-state index in [1.54, 1.807) is 36.4 Å². The van der Waals surface area contributed by atoms with Gasteiger partial charge in [0.25, 0.3) is 11.8 Å². The van der Waals surface area contributed by atoms with Gasteiger partial charge in [0.05, 0.1) is 11.3 Å². The molecule has 1 aliphatic rings. The molecule has 2 aromatic carbocycles. The number of anilines is 1. The first kappa shape index (κ1) is 22.2. The number of hydrogen-bond donors (Lipinski definition) is 2. The molecule has 2 N–H and O–H groups in total. The molecule has 0 aromatic heterocycles. The third kappa shape index (κ3) is 5.47. The van der Waals surface area contributed by atoms with Gasteiger partial charge in [0.1, 0.15) is 0 Å². The summed E-state index contributed by atoms with van der Waals surface area (Å²) in [5, 5.41) is 6.63. The summed E-state index contributed by atoms with van der Waals surface area (Å²) in [6, 6.07) is 13.8. The number of piperidine rings is 1. The van der Waals surface area contributed by atoms with E-state index in [1.165, 1.54) is 0 Å². The molecule has 2 amide bonds. The second-order valence-electron chi connectivity index (χ2n) is 6.80. The Balaban J connectivity index is 0.00000280. The van der Waals surface area contributed by atoms with E-state index in [0.29, 0.717) is 27.8 Å². The largest absolute Gasteiger partial charge is 0.339 e. The molecule has 150 valence electrons. The predicted molar refractivity (Wildman–Crippen MR) is 116 cm³/mol. The molecule has 0 aliphatic carbocycles. The Bertz CT molecular complexity index is 804. The molecule has 0 spiro atoms. The molecule has 1 aliphatic heterocycles. The third-order valence-corrected chi connectivity index (χ3v) is 5.16. The maximum atomic E-state index is 13.0. The van der Waals surface area contributed by atoms with Gasteiger partial charge in [-0.1, -0.05) is 23.7 Å².